The summed E-state index contributed by atoms with van der Waals surface area (Å²) >= 11 is 7.47. The van der Waals surface area contributed by atoms with Gasteiger partial charge in [0.05, 0.1) is 21.2 Å². The first-order valence-corrected chi connectivity index (χ1v) is 11.4. The molecule has 1 heterocycles. The zero-order valence-electron chi connectivity index (χ0n) is 14.9. The highest BCUT2D eigenvalue weighted by molar-refractivity contribution is 8.00. The van der Waals surface area contributed by atoms with Crippen LogP contribution in [0.15, 0.2) is 58.3 Å². The lowest BCUT2D eigenvalue weighted by Crippen LogP contribution is -2.51. The Bertz CT molecular complexity index is 1010. The molecule has 1 saturated heterocycles. The SMILES string of the molecule is N#Cc1ccccc1S(=O)(=O)N1CCN(C(=O)CSc2ccccc2Cl)CC1. The summed E-state index contributed by atoms with van der Waals surface area (Å²) in [5.74, 6) is 0.188. The molecule has 1 amide bonds. The molecule has 0 atom stereocenters. The van der Waals surface area contributed by atoms with E-state index in [9.17, 15) is 13.2 Å². The van der Waals surface area contributed by atoms with E-state index in [2.05, 4.69) is 0 Å². The third-order valence-corrected chi connectivity index (χ3v) is 7.86. The number of hydrogen-bond acceptors (Lipinski definition) is 5. The highest BCUT2D eigenvalue weighted by Gasteiger charge is 2.31. The molecule has 2 aromatic carbocycles. The third-order valence-electron chi connectivity index (χ3n) is 4.40. The van der Waals surface area contributed by atoms with Crippen LogP contribution in [0, 0.1) is 11.3 Å². The number of halogens is 1. The first-order valence-electron chi connectivity index (χ1n) is 8.58. The number of carbonyl (C=O) groups excluding carboxylic acids is 1. The molecule has 146 valence electrons. The maximum absolute atomic E-state index is 12.8. The third kappa shape index (κ3) is 4.50. The van der Waals surface area contributed by atoms with Gasteiger partial charge < -0.3 is 4.90 Å². The summed E-state index contributed by atoms with van der Waals surface area (Å²) in [6, 6.07) is 15.4. The van der Waals surface area contributed by atoms with Crippen LogP contribution in [-0.4, -0.2) is 55.5 Å². The Morgan fingerprint density at radius 1 is 1.07 bits per heavy atom. The summed E-state index contributed by atoms with van der Waals surface area (Å²) in [5.41, 5.74) is 0.122. The molecule has 0 aromatic heterocycles. The minimum atomic E-state index is -3.76. The fourth-order valence-corrected chi connectivity index (χ4v) is 5.60. The van der Waals surface area contributed by atoms with Gasteiger partial charge in [-0.05, 0) is 24.3 Å². The van der Waals surface area contributed by atoms with Crippen LogP contribution >= 0.6 is 23.4 Å². The summed E-state index contributed by atoms with van der Waals surface area (Å²) in [7, 11) is -3.76. The normalized spacial score (nSPS) is 15.2. The van der Waals surface area contributed by atoms with Crippen LogP contribution in [-0.2, 0) is 14.8 Å². The van der Waals surface area contributed by atoms with Gasteiger partial charge in [0.1, 0.15) is 6.07 Å². The molecule has 0 unspecified atom stereocenters. The van der Waals surface area contributed by atoms with E-state index in [4.69, 9.17) is 16.9 Å². The van der Waals surface area contributed by atoms with E-state index >= 15 is 0 Å². The maximum atomic E-state index is 12.8. The van der Waals surface area contributed by atoms with Crippen molar-refractivity contribution in [3.05, 3.63) is 59.1 Å². The second-order valence-corrected chi connectivity index (χ2v) is 9.44. The summed E-state index contributed by atoms with van der Waals surface area (Å²) in [5, 5.41) is 9.77. The van der Waals surface area contributed by atoms with Crippen molar-refractivity contribution in [2.45, 2.75) is 9.79 Å². The van der Waals surface area contributed by atoms with Gasteiger partial charge >= 0.3 is 0 Å². The lowest BCUT2D eigenvalue weighted by Gasteiger charge is -2.34. The number of rotatable bonds is 5. The quantitative estimate of drug-likeness (QED) is 0.674. The summed E-state index contributed by atoms with van der Waals surface area (Å²) in [6.07, 6.45) is 0. The highest BCUT2D eigenvalue weighted by Crippen LogP contribution is 2.27. The van der Waals surface area contributed by atoms with Crippen molar-refractivity contribution >= 4 is 39.3 Å². The predicted octanol–water partition coefficient (Wildman–Crippen LogP) is 2.84. The predicted molar refractivity (Wildman–Crippen MR) is 109 cm³/mol. The first-order chi connectivity index (χ1) is 13.4. The van der Waals surface area contributed by atoms with E-state index < -0.39 is 10.0 Å². The number of thioether (sulfide) groups is 1. The molecular formula is C19H18ClN3O3S2. The largest absolute Gasteiger partial charge is 0.339 e. The lowest BCUT2D eigenvalue weighted by atomic mass is 10.2. The van der Waals surface area contributed by atoms with Gasteiger partial charge in [-0.15, -0.1) is 11.8 Å². The maximum Gasteiger partial charge on any atom is 0.244 e. The highest BCUT2D eigenvalue weighted by atomic mass is 35.5. The van der Waals surface area contributed by atoms with Crippen molar-refractivity contribution in [1.29, 1.82) is 5.26 Å². The van der Waals surface area contributed by atoms with E-state index in [-0.39, 0.29) is 35.2 Å². The van der Waals surface area contributed by atoms with Crippen LogP contribution in [0.4, 0.5) is 0 Å². The van der Waals surface area contributed by atoms with Crippen LogP contribution in [0.3, 0.4) is 0 Å². The summed E-state index contributed by atoms with van der Waals surface area (Å²) < 4.78 is 27.0. The van der Waals surface area contributed by atoms with Gasteiger partial charge in [0, 0.05) is 31.1 Å². The molecule has 3 rings (SSSR count). The van der Waals surface area contributed by atoms with Crippen molar-refractivity contribution in [3.8, 4) is 6.07 Å². The second-order valence-electron chi connectivity index (χ2n) is 6.11. The van der Waals surface area contributed by atoms with Crippen molar-refractivity contribution in [2.75, 3.05) is 31.9 Å². The van der Waals surface area contributed by atoms with Gasteiger partial charge in [-0.3, -0.25) is 4.79 Å². The molecule has 9 heteroatoms. The van der Waals surface area contributed by atoms with Gasteiger partial charge in [-0.25, -0.2) is 8.42 Å². The van der Waals surface area contributed by atoms with Crippen LogP contribution in [0.1, 0.15) is 5.56 Å². The van der Waals surface area contributed by atoms with Crippen molar-refractivity contribution in [1.82, 2.24) is 9.21 Å². The molecule has 6 nitrogen and oxygen atoms in total. The van der Waals surface area contributed by atoms with E-state index in [1.54, 1.807) is 23.1 Å². The van der Waals surface area contributed by atoms with E-state index in [1.165, 1.54) is 28.2 Å². The first kappa shape index (κ1) is 20.7. The van der Waals surface area contributed by atoms with Crippen molar-refractivity contribution in [2.24, 2.45) is 0 Å². The number of nitriles is 1. The smallest absolute Gasteiger partial charge is 0.244 e. The summed E-state index contributed by atoms with van der Waals surface area (Å²) in [4.78, 5) is 15.0. The molecule has 0 aliphatic carbocycles. The second kappa shape index (κ2) is 8.97. The number of amides is 1. The standard InChI is InChI=1S/C19H18ClN3O3S2/c20-16-6-2-3-7-17(16)27-14-19(24)22-9-11-23(12-10-22)28(25,26)18-8-4-1-5-15(18)13-21/h1-8H,9-12,14H2. The average molecular weight is 436 g/mol. The molecule has 0 saturated carbocycles. The van der Waals surface area contributed by atoms with Crippen LogP contribution in [0.25, 0.3) is 0 Å². The van der Waals surface area contributed by atoms with Crippen LogP contribution in [0.5, 0.6) is 0 Å². The number of piperazine rings is 1. The molecule has 0 spiro atoms. The minimum absolute atomic E-state index is 0.00607. The monoisotopic (exact) mass is 435 g/mol. The lowest BCUT2D eigenvalue weighted by molar-refractivity contribution is -0.129. The zero-order chi connectivity index (χ0) is 20.1. The molecule has 2 aromatic rings. The molecule has 0 radical (unpaired) electrons. The molecular weight excluding hydrogens is 418 g/mol. The van der Waals surface area contributed by atoms with Gasteiger partial charge in [0.15, 0.2) is 0 Å². The van der Waals surface area contributed by atoms with Crippen LogP contribution in [0.2, 0.25) is 5.02 Å². The van der Waals surface area contributed by atoms with Gasteiger partial charge in [0.2, 0.25) is 15.9 Å². The molecule has 1 aliphatic heterocycles. The molecule has 0 bridgehead atoms. The van der Waals surface area contributed by atoms with Crippen LogP contribution < -0.4 is 0 Å². The molecule has 0 N–H and O–H groups in total. The van der Waals surface area contributed by atoms with Gasteiger partial charge in [-0.1, -0.05) is 35.9 Å². The molecule has 28 heavy (non-hydrogen) atoms. The minimum Gasteiger partial charge on any atom is -0.339 e. The number of carbonyl (C=O) groups is 1. The van der Waals surface area contributed by atoms with Crippen molar-refractivity contribution < 1.29 is 13.2 Å². The molecule has 1 aliphatic rings. The fourth-order valence-electron chi connectivity index (χ4n) is 2.89. The Hall–Kier alpha value is -2.05. The molecule has 1 fully saturated rings. The van der Waals surface area contributed by atoms with E-state index in [0.29, 0.717) is 18.1 Å². The average Bonchev–Trinajstić information content (AvgIpc) is 2.73. The number of sulfonamides is 1. The Kier molecular flexibility index (Phi) is 6.62. The van der Waals surface area contributed by atoms with Gasteiger partial charge in [-0.2, -0.15) is 9.57 Å². The van der Waals surface area contributed by atoms with E-state index in [1.807, 2.05) is 24.3 Å². The summed E-state index contributed by atoms with van der Waals surface area (Å²) in [6.45, 7) is 1.03. The Labute approximate surface area is 173 Å². The topological polar surface area (TPSA) is 81.5 Å². The number of benzene rings is 2. The zero-order valence-corrected chi connectivity index (χ0v) is 17.3. The van der Waals surface area contributed by atoms with Gasteiger partial charge in [0.25, 0.3) is 0 Å². The number of nitrogens with zero attached hydrogens (tertiary/aromatic N) is 3. The Morgan fingerprint density at radius 2 is 1.71 bits per heavy atom. The Morgan fingerprint density at radius 3 is 2.39 bits per heavy atom. The number of hydrogen-bond donors (Lipinski definition) is 0. The Balaban J connectivity index is 1.60. The fraction of sp³-hybridized carbons (Fsp3) is 0.263. The van der Waals surface area contributed by atoms with E-state index in [0.717, 1.165) is 4.90 Å². The van der Waals surface area contributed by atoms with Crippen molar-refractivity contribution in [3.63, 3.8) is 0 Å².